The number of benzene rings is 1. The number of rotatable bonds is 1. The second-order valence-electron chi connectivity index (χ2n) is 1.88. The quantitative estimate of drug-likeness (QED) is 0.591. The van der Waals surface area contributed by atoms with Crippen LogP contribution in [0.3, 0.4) is 0 Å². The highest BCUT2D eigenvalue weighted by Crippen LogP contribution is 2.04. The van der Waals surface area contributed by atoms with E-state index in [1.807, 2.05) is 6.07 Å². The van der Waals surface area contributed by atoms with E-state index < -0.39 is 6.01 Å². The zero-order valence-corrected chi connectivity index (χ0v) is 5.29. The highest BCUT2D eigenvalue weighted by atomic mass is 19.1. The Morgan fingerprint density at radius 1 is 1.30 bits per heavy atom. The van der Waals surface area contributed by atoms with E-state index in [9.17, 15) is 4.39 Å². The Balaban J connectivity index is 2.87. The third kappa shape index (κ3) is 1.90. The number of halogens is 1. The molecule has 10 heavy (non-hydrogen) atoms. The van der Waals surface area contributed by atoms with Gasteiger partial charge in [-0.05, 0) is 5.56 Å². The fourth-order valence-electron chi connectivity index (χ4n) is 0.687. The standard InChI is InChI=1S/C8H7FO/c9-8(10)6-7-4-2-1-3-5-7/h1-6,10H/b8-6-. The van der Waals surface area contributed by atoms with E-state index in [1.165, 1.54) is 0 Å². The summed E-state index contributed by atoms with van der Waals surface area (Å²) >= 11 is 0. The van der Waals surface area contributed by atoms with E-state index in [-0.39, 0.29) is 0 Å². The topological polar surface area (TPSA) is 20.2 Å². The zero-order chi connectivity index (χ0) is 7.40. The van der Waals surface area contributed by atoms with E-state index in [4.69, 9.17) is 5.11 Å². The second kappa shape index (κ2) is 3.01. The van der Waals surface area contributed by atoms with Gasteiger partial charge in [0.1, 0.15) is 0 Å². The van der Waals surface area contributed by atoms with Crippen LogP contribution in [0.25, 0.3) is 6.08 Å². The highest BCUT2D eigenvalue weighted by Gasteiger charge is 1.87. The number of hydrogen-bond donors (Lipinski definition) is 1. The molecule has 0 spiro atoms. The Labute approximate surface area is 58.4 Å². The summed E-state index contributed by atoms with van der Waals surface area (Å²) in [6, 6.07) is 7.62. The van der Waals surface area contributed by atoms with Crippen LogP contribution in [0.1, 0.15) is 5.56 Å². The van der Waals surface area contributed by atoms with Crippen molar-refractivity contribution in [2.24, 2.45) is 0 Å². The molecule has 0 heterocycles. The Bertz CT molecular complexity index is 224. The SMILES string of the molecule is O/C(F)=C\c1ccccc1. The summed E-state index contributed by atoms with van der Waals surface area (Å²) in [6.45, 7) is 0. The fraction of sp³-hybridized carbons (Fsp3) is 0. The van der Waals surface area contributed by atoms with Crippen LogP contribution in [-0.2, 0) is 0 Å². The highest BCUT2D eigenvalue weighted by molar-refractivity contribution is 5.48. The molecule has 1 aromatic rings. The Kier molecular flexibility index (Phi) is 2.05. The third-order valence-corrected chi connectivity index (χ3v) is 1.09. The third-order valence-electron chi connectivity index (χ3n) is 1.09. The molecule has 52 valence electrons. The van der Waals surface area contributed by atoms with Crippen LogP contribution >= 0.6 is 0 Å². The lowest BCUT2D eigenvalue weighted by molar-refractivity contribution is 0.289. The molecule has 1 nitrogen and oxygen atoms in total. The van der Waals surface area contributed by atoms with Crippen molar-refractivity contribution >= 4 is 6.08 Å². The molecular weight excluding hydrogens is 131 g/mol. The van der Waals surface area contributed by atoms with E-state index in [0.29, 0.717) is 5.56 Å². The van der Waals surface area contributed by atoms with Gasteiger partial charge >= 0.3 is 0 Å². The average Bonchev–Trinajstić information content (AvgIpc) is 1.88. The summed E-state index contributed by atoms with van der Waals surface area (Å²) < 4.78 is 11.8. The largest absolute Gasteiger partial charge is 0.486 e. The molecule has 0 aliphatic rings. The molecule has 0 amide bonds. The molecule has 2 heteroatoms. The molecule has 0 aliphatic carbocycles. The first-order valence-corrected chi connectivity index (χ1v) is 2.90. The van der Waals surface area contributed by atoms with Crippen LogP contribution in [-0.4, -0.2) is 5.11 Å². The summed E-state index contributed by atoms with van der Waals surface area (Å²) in [5.74, 6) is 0. The predicted molar refractivity (Wildman–Crippen MR) is 38.2 cm³/mol. The molecule has 0 saturated carbocycles. The van der Waals surface area contributed by atoms with Crippen LogP contribution < -0.4 is 0 Å². The minimum atomic E-state index is -1.16. The molecule has 0 aromatic heterocycles. The number of hydrogen-bond acceptors (Lipinski definition) is 1. The molecule has 0 aliphatic heterocycles. The van der Waals surface area contributed by atoms with Crippen LogP contribution in [0.5, 0.6) is 0 Å². The molecule has 1 N–H and O–H groups in total. The molecule has 1 aromatic carbocycles. The van der Waals surface area contributed by atoms with Crippen LogP contribution in [0.15, 0.2) is 36.3 Å². The van der Waals surface area contributed by atoms with Gasteiger partial charge in [0.05, 0.1) is 0 Å². The summed E-state index contributed by atoms with van der Waals surface area (Å²) in [6.07, 6.45) is 1.06. The van der Waals surface area contributed by atoms with Gasteiger partial charge in [0.15, 0.2) is 0 Å². The molecule has 0 atom stereocenters. The monoisotopic (exact) mass is 138 g/mol. The van der Waals surface area contributed by atoms with Gasteiger partial charge in [0.2, 0.25) is 0 Å². The first-order valence-electron chi connectivity index (χ1n) is 2.90. The Morgan fingerprint density at radius 2 is 1.90 bits per heavy atom. The van der Waals surface area contributed by atoms with Gasteiger partial charge in [-0.15, -0.1) is 0 Å². The first-order chi connectivity index (χ1) is 4.79. The molecule has 0 saturated heterocycles. The van der Waals surface area contributed by atoms with Crippen LogP contribution in [0.2, 0.25) is 0 Å². The van der Waals surface area contributed by atoms with Gasteiger partial charge in [-0.1, -0.05) is 30.3 Å². The van der Waals surface area contributed by atoms with Crippen LogP contribution in [0.4, 0.5) is 4.39 Å². The van der Waals surface area contributed by atoms with Gasteiger partial charge in [-0.3, -0.25) is 0 Å². The van der Waals surface area contributed by atoms with E-state index in [1.54, 1.807) is 24.3 Å². The molecular formula is C8H7FO. The maximum absolute atomic E-state index is 11.8. The fourth-order valence-corrected chi connectivity index (χ4v) is 0.687. The number of aliphatic hydroxyl groups excluding tert-OH is 1. The van der Waals surface area contributed by atoms with Crippen molar-refractivity contribution in [3.63, 3.8) is 0 Å². The molecule has 0 fully saturated rings. The van der Waals surface area contributed by atoms with Crippen molar-refractivity contribution in [2.45, 2.75) is 0 Å². The molecule has 0 unspecified atom stereocenters. The van der Waals surface area contributed by atoms with Crippen molar-refractivity contribution in [1.29, 1.82) is 0 Å². The van der Waals surface area contributed by atoms with Gasteiger partial charge in [0, 0.05) is 6.08 Å². The summed E-state index contributed by atoms with van der Waals surface area (Å²) in [5, 5.41) is 8.20. The first kappa shape index (κ1) is 6.81. The lowest BCUT2D eigenvalue weighted by atomic mass is 10.2. The lowest BCUT2D eigenvalue weighted by Gasteiger charge is -1.88. The molecule has 0 radical (unpaired) electrons. The molecule has 1 rings (SSSR count). The minimum absolute atomic E-state index is 0.655. The summed E-state index contributed by atoms with van der Waals surface area (Å²) in [5.41, 5.74) is 0.655. The smallest absolute Gasteiger partial charge is 0.270 e. The van der Waals surface area contributed by atoms with E-state index in [0.717, 1.165) is 6.08 Å². The second-order valence-corrected chi connectivity index (χ2v) is 1.88. The maximum Gasteiger partial charge on any atom is 0.270 e. The van der Waals surface area contributed by atoms with Crippen molar-refractivity contribution in [3.8, 4) is 0 Å². The van der Waals surface area contributed by atoms with Crippen LogP contribution in [0, 0.1) is 0 Å². The van der Waals surface area contributed by atoms with Gasteiger partial charge < -0.3 is 5.11 Å². The minimum Gasteiger partial charge on any atom is -0.486 e. The van der Waals surface area contributed by atoms with E-state index in [2.05, 4.69) is 0 Å². The van der Waals surface area contributed by atoms with Crippen molar-refractivity contribution in [3.05, 3.63) is 41.9 Å². The summed E-state index contributed by atoms with van der Waals surface area (Å²) in [4.78, 5) is 0. The normalized spacial score (nSPS) is 11.5. The Morgan fingerprint density at radius 3 is 2.40 bits per heavy atom. The summed E-state index contributed by atoms with van der Waals surface area (Å²) in [7, 11) is 0. The zero-order valence-electron chi connectivity index (χ0n) is 5.29. The van der Waals surface area contributed by atoms with Gasteiger partial charge in [0.25, 0.3) is 6.01 Å². The van der Waals surface area contributed by atoms with E-state index >= 15 is 0 Å². The Hall–Kier alpha value is -1.31. The predicted octanol–water partition coefficient (Wildman–Crippen LogP) is 2.51. The van der Waals surface area contributed by atoms with Crippen molar-refractivity contribution in [1.82, 2.24) is 0 Å². The lowest BCUT2D eigenvalue weighted by Crippen LogP contribution is -1.71. The number of aliphatic hydroxyl groups is 1. The average molecular weight is 138 g/mol. The van der Waals surface area contributed by atoms with Crippen molar-refractivity contribution < 1.29 is 9.50 Å². The molecule has 0 bridgehead atoms. The van der Waals surface area contributed by atoms with Gasteiger partial charge in [-0.25, -0.2) is 0 Å². The maximum atomic E-state index is 11.8. The van der Waals surface area contributed by atoms with Crippen molar-refractivity contribution in [2.75, 3.05) is 0 Å². The van der Waals surface area contributed by atoms with Gasteiger partial charge in [-0.2, -0.15) is 4.39 Å².